The number of nitrogens with zero attached hydrogens (tertiary/aromatic N) is 6. The molecule has 0 N–H and O–H groups in total. The Morgan fingerprint density at radius 3 is 2.17 bits per heavy atom. The number of hydrogen-bond donors (Lipinski definition) is 0. The van der Waals surface area contributed by atoms with Gasteiger partial charge in [0.1, 0.15) is 11.9 Å². The number of anilines is 2. The van der Waals surface area contributed by atoms with Crippen LogP contribution in [-0.4, -0.2) is 70.7 Å². The Hall–Kier alpha value is -3.17. The normalized spacial score (nSPS) is 17.2. The highest BCUT2D eigenvalue weighted by Crippen LogP contribution is 2.29. The molecule has 1 aromatic carbocycles. The van der Waals surface area contributed by atoms with Gasteiger partial charge >= 0.3 is 6.09 Å². The van der Waals surface area contributed by atoms with Crippen LogP contribution >= 0.6 is 0 Å². The number of halogens is 1. The maximum absolute atomic E-state index is 15.2. The zero-order valence-electron chi connectivity index (χ0n) is 25.4. The zero-order chi connectivity index (χ0) is 29.6. The highest BCUT2D eigenvalue weighted by Gasteiger charge is 2.33. The fourth-order valence-corrected chi connectivity index (χ4v) is 5.94. The number of unbranched alkanes of at least 4 members (excludes halogenated alkanes) is 12. The number of rotatable bonds is 18. The average molecular weight is 585 g/mol. The monoisotopic (exact) mass is 584 g/mol. The number of ether oxygens (including phenoxy) is 1. The van der Waals surface area contributed by atoms with E-state index in [1.165, 1.54) is 81.6 Å². The van der Waals surface area contributed by atoms with Crippen molar-refractivity contribution >= 4 is 23.4 Å². The van der Waals surface area contributed by atoms with Crippen LogP contribution < -0.4 is 9.80 Å². The van der Waals surface area contributed by atoms with Crippen molar-refractivity contribution in [1.29, 1.82) is 0 Å². The van der Waals surface area contributed by atoms with Crippen molar-refractivity contribution < 1.29 is 18.7 Å². The van der Waals surface area contributed by atoms with E-state index in [2.05, 4.69) is 17.2 Å². The van der Waals surface area contributed by atoms with E-state index in [-0.39, 0.29) is 17.8 Å². The molecule has 0 unspecified atom stereocenters. The summed E-state index contributed by atoms with van der Waals surface area (Å²) in [5, 5.41) is 7.67. The van der Waals surface area contributed by atoms with Crippen LogP contribution in [0.3, 0.4) is 0 Å². The molecule has 1 aromatic heterocycles. The molecule has 2 fully saturated rings. The first kappa shape index (κ1) is 31.8. The Labute approximate surface area is 250 Å². The number of aromatic nitrogens is 3. The van der Waals surface area contributed by atoms with Crippen molar-refractivity contribution in [3.63, 3.8) is 0 Å². The predicted octanol–water partition coefficient (Wildman–Crippen LogP) is 6.57. The van der Waals surface area contributed by atoms with E-state index in [0.29, 0.717) is 57.1 Å². The summed E-state index contributed by atoms with van der Waals surface area (Å²) in [6.07, 6.45) is 19.8. The van der Waals surface area contributed by atoms with Crippen LogP contribution in [0.1, 0.15) is 96.8 Å². The lowest BCUT2D eigenvalue weighted by atomic mass is 10.0. The minimum atomic E-state index is -0.497. The van der Waals surface area contributed by atoms with E-state index in [4.69, 9.17) is 4.74 Å². The Bertz CT molecular complexity index is 1090. The second-order valence-electron chi connectivity index (χ2n) is 11.7. The van der Waals surface area contributed by atoms with Gasteiger partial charge in [-0.1, -0.05) is 89.2 Å². The van der Waals surface area contributed by atoms with Crippen molar-refractivity contribution in [2.24, 2.45) is 0 Å². The van der Waals surface area contributed by atoms with Crippen LogP contribution in [0.25, 0.3) is 0 Å². The van der Waals surface area contributed by atoms with E-state index in [1.807, 2.05) is 9.80 Å². The standard InChI is InChI=1S/C32H49FN6O3/c1-2-3-4-5-6-7-8-9-10-11-12-13-14-15-31(40)37-22-20-36(21-23-37)30-17-16-27(24-29(30)33)39-26-28(42-32(39)41)25-38-19-18-34-35-38/h16-19,24,28H,2-15,20-23,25-26H2,1H3/t28-/m0/s1. The van der Waals surface area contributed by atoms with E-state index in [9.17, 15) is 9.59 Å². The molecule has 232 valence electrons. The van der Waals surface area contributed by atoms with Crippen molar-refractivity contribution in [2.45, 2.75) is 109 Å². The summed E-state index contributed by atoms with van der Waals surface area (Å²) in [7, 11) is 0. The zero-order valence-corrected chi connectivity index (χ0v) is 25.4. The number of hydrogen-bond acceptors (Lipinski definition) is 6. The van der Waals surface area contributed by atoms with Gasteiger partial charge in [0.25, 0.3) is 0 Å². The molecule has 2 aliphatic heterocycles. The first-order chi connectivity index (χ1) is 20.5. The molecule has 2 amide bonds. The second-order valence-corrected chi connectivity index (χ2v) is 11.7. The van der Waals surface area contributed by atoms with E-state index >= 15 is 4.39 Å². The molecular weight excluding hydrogens is 535 g/mol. The summed E-state index contributed by atoms with van der Waals surface area (Å²) in [6.45, 7) is 5.35. The van der Waals surface area contributed by atoms with Gasteiger partial charge in [0.05, 0.1) is 30.7 Å². The van der Waals surface area contributed by atoms with Crippen molar-refractivity contribution in [2.75, 3.05) is 42.5 Å². The molecular formula is C32H49FN6O3. The number of carbonyl (C=O) groups excluding carboxylic acids is 2. The number of amides is 2. The molecule has 1 atom stereocenters. The summed E-state index contributed by atoms with van der Waals surface area (Å²) >= 11 is 0. The van der Waals surface area contributed by atoms with Gasteiger partial charge < -0.3 is 14.5 Å². The molecule has 42 heavy (non-hydrogen) atoms. The lowest BCUT2D eigenvalue weighted by Crippen LogP contribution is -2.49. The van der Waals surface area contributed by atoms with Crippen LogP contribution in [0.2, 0.25) is 0 Å². The van der Waals surface area contributed by atoms with Gasteiger partial charge in [-0.05, 0) is 24.6 Å². The van der Waals surface area contributed by atoms with Crippen LogP contribution in [0.4, 0.5) is 20.6 Å². The van der Waals surface area contributed by atoms with Crippen LogP contribution in [0.5, 0.6) is 0 Å². The van der Waals surface area contributed by atoms with Crippen LogP contribution in [0, 0.1) is 5.82 Å². The molecule has 2 saturated heterocycles. The Kier molecular flexibility index (Phi) is 12.9. The molecule has 9 nitrogen and oxygen atoms in total. The van der Waals surface area contributed by atoms with Crippen molar-refractivity contribution in [3.8, 4) is 0 Å². The maximum Gasteiger partial charge on any atom is 0.414 e. The Morgan fingerprint density at radius 2 is 1.57 bits per heavy atom. The maximum atomic E-state index is 15.2. The first-order valence-corrected chi connectivity index (χ1v) is 16.2. The van der Waals surface area contributed by atoms with Crippen LogP contribution in [0.15, 0.2) is 30.6 Å². The molecule has 2 aliphatic rings. The third-order valence-corrected chi connectivity index (χ3v) is 8.45. The van der Waals surface area contributed by atoms with Crippen molar-refractivity contribution in [3.05, 3.63) is 36.4 Å². The minimum Gasteiger partial charge on any atom is -0.442 e. The van der Waals surface area contributed by atoms with E-state index in [0.717, 1.165) is 12.8 Å². The van der Waals surface area contributed by atoms with Gasteiger partial charge in [0.2, 0.25) is 5.91 Å². The quantitative estimate of drug-likeness (QED) is 0.184. The smallest absolute Gasteiger partial charge is 0.414 e. The van der Waals surface area contributed by atoms with Gasteiger partial charge in [0, 0.05) is 38.8 Å². The summed E-state index contributed by atoms with van der Waals surface area (Å²) < 4.78 is 22.2. The van der Waals surface area contributed by atoms with E-state index in [1.54, 1.807) is 29.2 Å². The van der Waals surface area contributed by atoms with Gasteiger partial charge in [-0.25, -0.2) is 13.9 Å². The summed E-state index contributed by atoms with van der Waals surface area (Å²) in [5.74, 6) is -0.173. The first-order valence-electron chi connectivity index (χ1n) is 16.2. The molecule has 3 heterocycles. The summed E-state index contributed by atoms with van der Waals surface area (Å²) in [4.78, 5) is 30.5. The number of benzene rings is 1. The van der Waals surface area contributed by atoms with Crippen LogP contribution in [-0.2, 0) is 16.1 Å². The fraction of sp³-hybridized carbons (Fsp3) is 0.688. The second kappa shape index (κ2) is 17.1. The third kappa shape index (κ3) is 9.70. The molecule has 10 heteroatoms. The van der Waals surface area contributed by atoms with Gasteiger partial charge in [-0.15, -0.1) is 5.10 Å². The van der Waals surface area contributed by atoms with E-state index < -0.39 is 6.09 Å². The van der Waals surface area contributed by atoms with Gasteiger partial charge in [0.15, 0.2) is 0 Å². The highest BCUT2D eigenvalue weighted by molar-refractivity contribution is 5.90. The molecule has 0 saturated carbocycles. The molecule has 0 bridgehead atoms. The Balaban J connectivity index is 1.09. The third-order valence-electron chi connectivity index (χ3n) is 8.45. The van der Waals surface area contributed by atoms with Gasteiger partial charge in [-0.2, -0.15) is 0 Å². The molecule has 0 aliphatic carbocycles. The Morgan fingerprint density at radius 1 is 0.929 bits per heavy atom. The number of carbonyl (C=O) groups is 2. The lowest BCUT2D eigenvalue weighted by Gasteiger charge is -2.36. The molecule has 0 spiro atoms. The lowest BCUT2D eigenvalue weighted by molar-refractivity contribution is -0.131. The average Bonchev–Trinajstić information content (AvgIpc) is 3.64. The molecule has 0 radical (unpaired) electrons. The number of piperazine rings is 1. The molecule has 2 aromatic rings. The molecule has 4 rings (SSSR count). The van der Waals surface area contributed by atoms with Gasteiger partial charge in [-0.3, -0.25) is 9.69 Å². The number of cyclic esters (lactones) is 1. The SMILES string of the molecule is CCCCCCCCCCCCCCCC(=O)N1CCN(c2ccc(N3C[C@H](Cn4ccnn4)OC3=O)cc2F)CC1. The fourth-order valence-electron chi connectivity index (χ4n) is 5.94. The summed E-state index contributed by atoms with van der Waals surface area (Å²) in [6, 6.07) is 4.86. The minimum absolute atomic E-state index is 0.210. The topological polar surface area (TPSA) is 83.8 Å². The predicted molar refractivity (Wildman–Crippen MR) is 163 cm³/mol. The van der Waals surface area contributed by atoms with Crippen molar-refractivity contribution in [1.82, 2.24) is 19.9 Å². The summed E-state index contributed by atoms with van der Waals surface area (Å²) in [5.41, 5.74) is 0.961. The highest BCUT2D eigenvalue weighted by atomic mass is 19.1. The largest absolute Gasteiger partial charge is 0.442 e.